The summed E-state index contributed by atoms with van der Waals surface area (Å²) < 4.78 is 32.8. The molecule has 0 spiro atoms. The van der Waals surface area contributed by atoms with Gasteiger partial charge in [0.25, 0.3) is 10.1 Å². The van der Waals surface area contributed by atoms with E-state index in [4.69, 9.17) is 20.2 Å². The van der Waals surface area contributed by atoms with Crippen LogP contribution in [0.25, 0.3) is 22.8 Å². The summed E-state index contributed by atoms with van der Waals surface area (Å²) in [6, 6.07) is 7.28. The van der Waals surface area contributed by atoms with Crippen LogP contribution in [0.15, 0.2) is 34.9 Å². The van der Waals surface area contributed by atoms with Gasteiger partial charge in [0.1, 0.15) is 23.0 Å². The second kappa shape index (κ2) is 7.61. The molecule has 0 unspecified atom stereocenters. The molecule has 2 aromatic heterocycles. The Labute approximate surface area is 156 Å². The van der Waals surface area contributed by atoms with Gasteiger partial charge < -0.3 is 9.40 Å². The summed E-state index contributed by atoms with van der Waals surface area (Å²) in [5, 5.41) is 0.629. The van der Waals surface area contributed by atoms with Gasteiger partial charge in [-0.15, -0.1) is 0 Å². The molecule has 0 saturated heterocycles. The van der Waals surface area contributed by atoms with Gasteiger partial charge in [0.2, 0.25) is 5.89 Å². The number of nitrogens with zero attached hydrogens (tertiary/aromatic N) is 2. The Bertz CT molecular complexity index is 993. The minimum absolute atomic E-state index is 0.0814. The maximum Gasteiger partial charge on any atom is 0.264 e. The van der Waals surface area contributed by atoms with Crippen molar-refractivity contribution in [2.45, 2.75) is 19.8 Å². The summed E-state index contributed by atoms with van der Waals surface area (Å²) in [5.41, 5.74) is 2.22. The Morgan fingerprint density at radius 1 is 1.27 bits per heavy atom. The highest BCUT2D eigenvalue weighted by atomic mass is 35.5. The highest BCUT2D eigenvalue weighted by Crippen LogP contribution is 2.30. The van der Waals surface area contributed by atoms with Crippen LogP contribution in [0.2, 0.25) is 5.02 Å². The molecule has 0 atom stereocenters. The Balaban J connectivity index is 1.87. The average Bonchev–Trinajstić information content (AvgIpc) is 3.18. The minimum Gasteiger partial charge on any atom is -0.439 e. The van der Waals surface area contributed by atoms with Gasteiger partial charge in [0.15, 0.2) is 0 Å². The monoisotopic (exact) mass is 395 g/mol. The summed E-state index contributed by atoms with van der Waals surface area (Å²) in [6.07, 6.45) is 3.64. The van der Waals surface area contributed by atoms with Crippen LogP contribution < -0.4 is 0 Å². The molecular weight excluding hydrogens is 378 g/mol. The quantitative estimate of drug-likeness (QED) is 0.484. The van der Waals surface area contributed by atoms with E-state index in [2.05, 4.69) is 15.0 Å². The number of halogens is 1. The van der Waals surface area contributed by atoms with Crippen LogP contribution in [0.3, 0.4) is 0 Å². The third kappa shape index (κ3) is 4.72. The maximum absolute atomic E-state index is 11.1. The van der Waals surface area contributed by atoms with Crippen molar-refractivity contribution in [1.82, 2.24) is 15.0 Å². The molecule has 0 aliphatic rings. The Morgan fingerprint density at radius 3 is 2.62 bits per heavy atom. The zero-order valence-corrected chi connectivity index (χ0v) is 15.9. The molecule has 3 rings (SSSR count). The number of hydrogen-bond acceptors (Lipinski definition) is 6. The third-order valence-corrected chi connectivity index (χ3v) is 4.44. The number of nitrogens with one attached hydrogen (secondary N) is 1. The summed E-state index contributed by atoms with van der Waals surface area (Å²) in [6.45, 7) is 1.92. The minimum atomic E-state index is -3.45. The molecule has 1 N–H and O–H groups in total. The summed E-state index contributed by atoms with van der Waals surface area (Å²) in [7, 11) is -3.45. The normalized spacial score (nSPS) is 11.8. The van der Waals surface area contributed by atoms with Gasteiger partial charge in [-0.2, -0.15) is 8.42 Å². The fourth-order valence-corrected chi connectivity index (χ4v) is 2.99. The number of aromatic nitrogens is 3. The first-order valence-corrected chi connectivity index (χ1v) is 10.1. The molecule has 7 nitrogen and oxygen atoms in total. The van der Waals surface area contributed by atoms with Crippen LogP contribution in [-0.2, 0) is 20.7 Å². The van der Waals surface area contributed by atoms with Gasteiger partial charge in [-0.05, 0) is 25.5 Å². The number of aromatic amines is 1. The lowest BCUT2D eigenvalue weighted by Gasteiger charge is -2.02. The Morgan fingerprint density at radius 2 is 2.00 bits per heavy atom. The van der Waals surface area contributed by atoms with Crippen molar-refractivity contribution in [1.29, 1.82) is 0 Å². The van der Waals surface area contributed by atoms with Gasteiger partial charge in [0.05, 0.1) is 19.1 Å². The van der Waals surface area contributed by atoms with Crippen LogP contribution in [0, 0.1) is 6.92 Å². The van der Waals surface area contributed by atoms with Crippen LogP contribution in [0.4, 0.5) is 0 Å². The van der Waals surface area contributed by atoms with Crippen molar-refractivity contribution >= 4 is 21.7 Å². The topological polar surface area (TPSA) is 98.1 Å². The summed E-state index contributed by atoms with van der Waals surface area (Å²) >= 11 is 5.96. The van der Waals surface area contributed by atoms with Gasteiger partial charge in [-0.3, -0.25) is 4.18 Å². The van der Waals surface area contributed by atoms with Crippen molar-refractivity contribution in [3.05, 3.63) is 47.1 Å². The Kier molecular flexibility index (Phi) is 5.45. The SMILES string of the molecule is Cc1ncc(-c2nc(-c3ccc(Cl)cc3)c(CCCOS(C)(=O)=O)o2)[nH]1. The van der Waals surface area contributed by atoms with E-state index >= 15 is 0 Å². The van der Waals surface area contributed by atoms with Gasteiger partial charge in [-0.25, -0.2) is 9.97 Å². The number of imidazole rings is 1. The molecule has 3 aromatic rings. The van der Waals surface area contributed by atoms with E-state index in [1.54, 1.807) is 18.3 Å². The van der Waals surface area contributed by atoms with E-state index in [0.29, 0.717) is 40.9 Å². The largest absolute Gasteiger partial charge is 0.439 e. The first kappa shape index (κ1) is 18.6. The molecule has 2 heterocycles. The number of benzene rings is 1. The second-order valence-electron chi connectivity index (χ2n) is 5.81. The molecule has 9 heteroatoms. The number of H-pyrrole nitrogens is 1. The van der Waals surface area contributed by atoms with Gasteiger partial charge >= 0.3 is 0 Å². The van der Waals surface area contributed by atoms with E-state index in [-0.39, 0.29) is 6.61 Å². The molecule has 0 aliphatic carbocycles. The third-order valence-electron chi connectivity index (χ3n) is 3.59. The lowest BCUT2D eigenvalue weighted by Crippen LogP contribution is -2.05. The molecule has 0 aliphatic heterocycles. The molecule has 138 valence electrons. The van der Waals surface area contributed by atoms with Crippen molar-refractivity contribution in [3.63, 3.8) is 0 Å². The molecule has 0 saturated carbocycles. The molecular formula is C17H18ClN3O4S. The van der Waals surface area contributed by atoms with Crippen LogP contribution in [-0.4, -0.2) is 36.2 Å². The Hall–Kier alpha value is -2.16. The maximum atomic E-state index is 11.1. The predicted octanol–water partition coefficient (Wildman–Crippen LogP) is 3.60. The molecule has 1 aromatic carbocycles. The van der Waals surface area contributed by atoms with E-state index in [1.165, 1.54) is 0 Å². The van der Waals surface area contributed by atoms with Crippen molar-refractivity contribution in [3.8, 4) is 22.8 Å². The summed E-state index contributed by atoms with van der Waals surface area (Å²) in [5.74, 6) is 1.83. The smallest absolute Gasteiger partial charge is 0.264 e. The number of hydrogen-bond donors (Lipinski definition) is 1. The fraction of sp³-hybridized carbons (Fsp3) is 0.294. The standard InChI is InChI=1S/C17H18ClN3O4S/c1-11-19-10-14(20-11)17-21-16(12-5-7-13(18)8-6-12)15(25-17)4-3-9-24-26(2,22)23/h5-8,10H,3-4,9H2,1-2H3,(H,19,20). The molecule has 0 fully saturated rings. The molecule has 0 bridgehead atoms. The molecule has 0 radical (unpaired) electrons. The first-order chi connectivity index (χ1) is 12.3. The van der Waals surface area contributed by atoms with Crippen LogP contribution >= 0.6 is 11.6 Å². The zero-order valence-electron chi connectivity index (χ0n) is 14.3. The zero-order chi connectivity index (χ0) is 18.7. The van der Waals surface area contributed by atoms with Crippen molar-refractivity contribution in [2.75, 3.05) is 12.9 Å². The van der Waals surface area contributed by atoms with Gasteiger partial charge in [0, 0.05) is 17.0 Å². The average molecular weight is 396 g/mol. The lowest BCUT2D eigenvalue weighted by atomic mass is 10.1. The summed E-state index contributed by atoms with van der Waals surface area (Å²) in [4.78, 5) is 11.8. The second-order valence-corrected chi connectivity index (χ2v) is 7.89. The number of aryl methyl sites for hydroxylation is 2. The number of rotatable bonds is 7. The highest BCUT2D eigenvalue weighted by molar-refractivity contribution is 7.85. The number of oxazole rings is 1. The van der Waals surface area contributed by atoms with E-state index in [9.17, 15) is 8.42 Å². The van der Waals surface area contributed by atoms with E-state index in [1.807, 2.05) is 19.1 Å². The lowest BCUT2D eigenvalue weighted by molar-refractivity contribution is 0.311. The van der Waals surface area contributed by atoms with Crippen LogP contribution in [0.5, 0.6) is 0 Å². The fourth-order valence-electron chi connectivity index (χ4n) is 2.44. The van der Waals surface area contributed by atoms with Crippen molar-refractivity contribution < 1.29 is 17.0 Å². The first-order valence-electron chi connectivity index (χ1n) is 7.94. The highest BCUT2D eigenvalue weighted by Gasteiger charge is 2.17. The molecule has 0 amide bonds. The molecule has 26 heavy (non-hydrogen) atoms. The van der Waals surface area contributed by atoms with E-state index < -0.39 is 10.1 Å². The van der Waals surface area contributed by atoms with E-state index in [0.717, 1.165) is 17.6 Å². The van der Waals surface area contributed by atoms with Crippen LogP contribution in [0.1, 0.15) is 18.0 Å². The van der Waals surface area contributed by atoms with Gasteiger partial charge in [-0.1, -0.05) is 23.7 Å². The predicted molar refractivity (Wildman–Crippen MR) is 98.4 cm³/mol. The van der Waals surface area contributed by atoms with Crippen molar-refractivity contribution in [2.24, 2.45) is 0 Å².